The number of benzene rings is 2. The second kappa shape index (κ2) is 10.4. The molecule has 12 heteroatoms. The summed E-state index contributed by atoms with van der Waals surface area (Å²) in [4.78, 5) is 11.7. The van der Waals surface area contributed by atoms with E-state index in [1.165, 1.54) is 19.1 Å². The molecule has 2 aromatic carbocycles. The Morgan fingerprint density at radius 2 is 1.91 bits per heavy atom. The molecule has 1 aliphatic rings. The van der Waals surface area contributed by atoms with Crippen LogP contribution in [0.4, 0.5) is 5.69 Å². The molecule has 3 rings (SSSR count). The number of nitrogens with zero attached hydrogens (tertiary/aromatic N) is 1. The summed E-state index contributed by atoms with van der Waals surface area (Å²) < 4.78 is 37.2. The standard InChI is InChI=1S/C22H25N3O8S/c1-12(27)24-19-21(29)20(28)17(11-26)33-22(19)32-16-8-4-6-14(10-23)18(16)13-5-3-7-15(9-13)25-34(2,30)31/h3-9,17,19-22,25-26,28-29H,11H2,1-2H3,(H,24,27)/t17?,19?,20-,21+,22+/m0/s1. The van der Waals surface area contributed by atoms with E-state index in [1.54, 1.807) is 30.3 Å². The molecule has 0 spiro atoms. The Balaban J connectivity index is 2.05. The molecule has 1 amide bonds. The third-order valence-electron chi connectivity index (χ3n) is 5.10. The first-order valence-electron chi connectivity index (χ1n) is 10.2. The number of rotatable bonds is 7. The van der Waals surface area contributed by atoms with Crippen LogP contribution in [0.15, 0.2) is 42.5 Å². The molecule has 11 nitrogen and oxygen atoms in total. The van der Waals surface area contributed by atoms with Gasteiger partial charge in [-0.15, -0.1) is 0 Å². The zero-order valence-corrected chi connectivity index (χ0v) is 19.2. The van der Waals surface area contributed by atoms with E-state index in [0.29, 0.717) is 11.1 Å². The van der Waals surface area contributed by atoms with Crippen molar-refractivity contribution in [3.63, 3.8) is 0 Å². The van der Waals surface area contributed by atoms with Gasteiger partial charge in [0.05, 0.1) is 24.5 Å². The summed E-state index contributed by atoms with van der Waals surface area (Å²) in [5.74, 6) is -0.377. The third kappa shape index (κ3) is 5.82. The predicted molar refractivity (Wildman–Crippen MR) is 121 cm³/mol. The molecule has 2 unspecified atom stereocenters. The van der Waals surface area contributed by atoms with Gasteiger partial charge in [0, 0.05) is 18.2 Å². The number of aliphatic hydroxyl groups excluding tert-OH is 3. The first-order chi connectivity index (χ1) is 16.0. The van der Waals surface area contributed by atoms with Crippen LogP contribution in [0.3, 0.4) is 0 Å². The maximum atomic E-state index is 11.7. The Bertz CT molecular complexity index is 1200. The van der Waals surface area contributed by atoms with Crippen LogP contribution in [-0.4, -0.2) is 73.2 Å². The van der Waals surface area contributed by atoms with Gasteiger partial charge in [0.15, 0.2) is 0 Å². The molecule has 182 valence electrons. The van der Waals surface area contributed by atoms with Crippen LogP contribution in [0.25, 0.3) is 11.1 Å². The lowest BCUT2D eigenvalue weighted by Gasteiger charge is -2.42. The average Bonchev–Trinajstić information content (AvgIpc) is 2.77. The van der Waals surface area contributed by atoms with Crippen LogP contribution in [0.5, 0.6) is 5.75 Å². The van der Waals surface area contributed by atoms with Crippen molar-refractivity contribution in [2.45, 2.75) is 37.6 Å². The van der Waals surface area contributed by atoms with Gasteiger partial charge in [0.1, 0.15) is 30.1 Å². The minimum Gasteiger partial charge on any atom is -0.462 e. The van der Waals surface area contributed by atoms with Crippen LogP contribution in [0.1, 0.15) is 12.5 Å². The predicted octanol–water partition coefficient (Wildman–Crippen LogP) is -0.0807. The summed E-state index contributed by atoms with van der Waals surface area (Å²) >= 11 is 0. The lowest BCUT2D eigenvalue weighted by Crippen LogP contribution is -2.65. The molecule has 0 bridgehead atoms. The Hall–Kier alpha value is -3.21. The first-order valence-corrected chi connectivity index (χ1v) is 12.1. The fraction of sp³-hybridized carbons (Fsp3) is 0.364. The zero-order chi connectivity index (χ0) is 25.0. The normalized spacial score (nSPS) is 24.6. The molecular weight excluding hydrogens is 466 g/mol. The van der Waals surface area contributed by atoms with Crippen molar-refractivity contribution in [2.75, 3.05) is 17.6 Å². The number of sulfonamides is 1. The van der Waals surface area contributed by atoms with Gasteiger partial charge in [-0.2, -0.15) is 5.26 Å². The molecule has 0 aliphatic carbocycles. The third-order valence-corrected chi connectivity index (χ3v) is 5.70. The van der Waals surface area contributed by atoms with Gasteiger partial charge in [0.2, 0.25) is 22.2 Å². The molecule has 5 atom stereocenters. The van der Waals surface area contributed by atoms with Gasteiger partial charge in [0.25, 0.3) is 0 Å². The molecule has 1 heterocycles. The number of nitriles is 1. The van der Waals surface area contributed by atoms with Crippen molar-refractivity contribution in [2.24, 2.45) is 0 Å². The van der Waals surface area contributed by atoms with Crippen LogP contribution in [0.2, 0.25) is 0 Å². The maximum absolute atomic E-state index is 11.7. The fourth-order valence-electron chi connectivity index (χ4n) is 3.67. The molecule has 1 saturated heterocycles. The van der Waals surface area contributed by atoms with E-state index in [-0.39, 0.29) is 17.0 Å². The van der Waals surface area contributed by atoms with Crippen LogP contribution >= 0.6 is 0 Å². The molecule has 5 N–H and O–H groups in total. The van der Waals surface area contributed by atoms with E-state index in [2.05, 4.69) is 16.1 Å². The van der Waals surface area contributed by atoms with E-state index >= 15 is 0 Å². The largest absolute Gasteiger partial charge is 0.462 e. The van der Waals surface area contributed by atoms with Gasteiger partial charge in [-0.05, 0) is 29.8 Å². The topological polar surface area (TPSA) is 178 Å². The molecule has 0 saturated carbocycles. The Kier molecular flexibility index (Phi) is 7.75. The zero-order valence-electron chi connectivity index (χ0n) is 18.4. The quantitative estimate of drug-likeness (QED) is 0.354. The maximum Gasteiger partial charge on any atom is 0.229 e. The van der Waals surface area contributed by atoms with Crippen LogP contribution in [0, 0.1) is 11.3 Å². The number of hydrogen-bond donors (Lipinski definition) is 5. The van der Waals surface area contributed by atoms with E-state index in [9.17, 15) is 33.8 Å². The summed E-state index contributed by atoms with van der Waals surface area (Å²) in [7, 11) is -3.55. The average molecular weight is 492 g/mol. The highest BCUT2D eigenvalue weighted by atomic mass is 32.2. The van der Waals surface area contributed by atoms with E-state index in [0.717, 1.165) is 6.26 Å². The van der Waals surface area contributed by atoms with Crippen molar-refractivity contribution in [3.8, 4) is 22.9 Å². The summed E-state index contributed by atoms with van der Waals surface area (Å²) in [5, 5.41) is 42.4. The van der Waals surface area contributed by atoms with Gasteiger partial charge < -0.3 is 30.1 Å². The molecular formula is C22H25N3O8S. The highest BCUT2D eigenvalue weighted by molar-refractivity contribution is 7.92. The van der Waals surface area contributed by atoms with Crippen molar-refractivity contribution in [3.05, 3.63) is 48.0 Å². The van der Waals surface area contributed by atoms with Crippen molar-refractivity contribution < 1.29 is 38.0 Å². The molecule has 34 heavy (non-hydrogen) atoms. The fourth-order valence-corrected chi connectivity index (χ4v) is 4.22. The number of amides is 1. The van der Waals surface area contributed by atoms with Crippen molar-refractivity contribution in [1.82, 2.24) is 5.32 Å². The number of aliphatic hydroxyl groups is 3. The SMILES string of the molecule is CC(=O)NC1[C@H](Oc2cccc(C#N)c2-c2cccc(NS(C)(=O)=O)c2)OC(CO)[C@H](O)[C@@H]1O. The highest BCUT2D eigenvalue weighted by Crippen LogP contribution is 2.36. The van der Waals surface area contributed by atoms with E-state index in [4.69, 9.17) is 9.47 Å². The lowest BCUT2D eigenvalue weighted by atomic mass is 9.96. The van der Waals surface area contributed by atoms with Crippen molar-refractivity contribution >= 4 is 21.6 Å². The number of carbonyl (C=O) groups is 1. The van der Waals surface area contributed by atoms with Gasteiger partial charge in [-0.1, -0.05) is 18.2 Å². The highest BCUT2D eigenvalue weighted by Gasteiger charge is 2.46. The van der Waals surface area contributed by atoms with E-state index in [1.807, 2.05) is 0 Å². The lowest BCUT2D eigenvalue weighted by molar-refractivity contribution is -0.244. The first kappa shape index (κ1) is 25.4. The smallest absolute Gasteiger partial charge is 0.229 e. The number of ether oxygens (including phenoxy) is 2. The van der Waals surface area contributed by atoms with Gasteiger partial charge in [-0.3, -0.25) is 9.52 Å². The Morgan fingerprint density at radius 1 is 1.21 bits per heavy atom. The van der Waals surface area contributed by atoms with Crippen LogP contribution in [-0.2, 0) is 19.6 Å². The number of carbonyl (C=O) groups excluding carboxylic acids is 1. The van der Waals surface area contributed by atoms with Gasteiger partial charge >= 0.3 is 0 Å². The van der Waals surface area contributed by atoms with E-state index < -0.39 is 53.2 Å². The summed E-state index contributed by atoms with van der Waals surface area (Å²) in [5.41, 5.74) is 1.24. The molecule has 0 aromatic heterocycles. The molecule has 1 fully saturated rings. The second-order valence-corrected chi connectivity index (χ2v) is 9.54. The molecule has 2 aromatic rings. The summed E-state index contributed by atoms with van der Waals surface area (Å²) in [6, 6.07) is 11.8. The monoisotopic (exact) mass is 491 g/mol. The van der Waals surface area contributed by atoms with Gasteiger partial charge in [-0.25, -0.2) is 8.42 Å². The van der Waals surface area contributed by atoms with Crippen molar-refractivity contribution in [1.29, 1.82) is 5.26 Å². The Morgan fingerprint density at radius 3 is 2.53 bits per heavy atom. The number of hydrogen-bond acceptors (Lipinski definition) is 9. The van der Waals surface area contributed by atoms with Crippen LogP contribution < -0.4 is 14.8 Å². The molecule has 0 radical (unpaired) electrons. The Labute approximate surface area is 196 Å². The molecule has 1 aliphatic heterocycles. The minimum absolute atomic E-state index is 0.135. The number of nitrogens with one attached hydrogen (secondary N) is 2. The number of anilines is 1. The second-order valence-electron chi connectivity index (χ2n) is 7.80. The summed E-state index contributed by atoms with van der Waals surface area (Å²) in [6.07, 6.45) is -4.49. The minimum atomic E-state index is -3.55. The summed E-state index contributed by atoms with van der Waals surface area (Å²) in [6.45, 7) is 0.603.